The molecule has 2 aromatic rings. The largest absolute Gasteiger partial charge is 0.493 e. The first-order valence-corrected chi connectivity index (χ1v) is 8.04. The SMILES string of the molecule is COc1ccc(NC(=O)C(=O)NC2CCc3ccccc32)cc1OC. The topological polar surface area (TPSA) is 76.7 Å². The number of anilines is 1. The summed E-state index contributed by atoms with van der Waals surface area (Å²) in [5.74, 6) is -0.342. The van der Waals surface area contributed by atoms with Gasteiger partial charge in [0.2, 0.25) is 0 Å². The van der Waals surface area contributed by atoms with Gasteiger partial charge in [0, 0.05) is 11.8 Å². The highest BCUT2D eigenvalue weighted by atomic mass is 16.5. The molecule has 1 aliphatic rings. The molecule has 2 N–H and O–H groups in total. The molecule has 130 valence electrons. The zero-order valence-electron chi connectivity index (χ0n) is 14.2. The van der Waals surface area contributed by atoms with Crippen molar-refractivity contribution in [2.75, 3.05) is 19.5 Å². The number of aryl methyl sites for hydroxylation is 1. The van der Waals surface area contributed by atoms with E-state index < -0.39 is 11.8 Å². The van der Waals surface area contributed by atoms with Gasteiger partial charge in [0.1, 0.15) is 0 Å². The highest BCUT2D eigenvalue weighted by Crippen LogP contribution is 2.31. The summed E-state index contributed by atoms with van der Waals surface area (Å²) in [5.41, 5.74) is 2.76. The zero-order chi connectivity index (χ0) is 17.8. The summed E-state index contributed by atoms with van der Waals surface area (Å²) in [5, 5.41) is 5.38. The fourth-order valence-electron chi connectivity index (χ4n) is 3.03. The number of hydrogen-bond acceptors (Lipinski definition) is 4. The van der Waals surface area contributed by atoms with Crippen molar-refractivity contribution < 1.29 is 19.1 Å². The number of amides is 2. The number of hydrogen-bond donors (Lipinski definition) is 2. The van der Waals surface area contributed by atoms with Crippen LogP contribution in [0.1, 0.15) is 23.6 Å². The van der Waals surface area contributed by atoms with Crippen LogP contribution in [0, 0.1) is 0 Å². The predicted octanol–water partition coefficient (Wildman–Crippen LogP) is 2.45. The number of rotatable bonds is 4. The van der Waals surface area contributed by atoms with Crippen molar-refractivity contribution in [3.63, 3.8) is 0 Å². The van der Waals surface area contributed by atoms with E-state index in [0.29, 0.717) is 17.2 Å². The highest BCUT2D eigenvalue weighted by molar-refractivity contribution is 6.39. The lowest BCUT2D eigenvalue weighted by molar-refractivity contribution is -0.136. The van der Waals surface area contributed by atoms with Crippen LogP contribution in [0.25, 0.3) is 0 Å². The first-order valence-electron chi connectivity index (χ1n) is 8.04. The summed E-state index contributed by atoms with van der Waals surface area (Å²) in [7, 11) is 3.04. The van der Waals surface area contributed by atoms with Crippen LogP contribution in [0.2, 0.25) is 0 Å². The molecule has 0 saturated heterocycles. The molecule has 6 heteroatoms. The molecule has 0 bridgehead atoms. The highest BCUT2D eigenvalue weighted by Gasteiger charge is 2.26. The maximum Gasteiger partial charge on any atom is 0.313 e. The fraction of sp³-hybridized carbons (Fsp3) is 0.263. The summed E-state index contributed by atoms with van der Waals surface area (Å²) >= 11 is 0. The Hall–Kier alpha value is -3.02. The van der Waals surface area contributed by atoms with Crippen LogP contribution in [0.15, 0.2) is 42.5 Å². The van der Waals surface area contributed by atoms with Crippen LogP contribution < -0.4 is 20.1 Å². The smallest absolute Gasteiger partial charge is 0.313 e. The van der Waals surface area contributed by atoms with Crippen molar-refractivity contribution in [1.29, 1.82) is 0 Å². The van der Waals surface area contributed by atoms with Crippen molar-refractivity contribution >= 4 is 17.5 Å². The van der Waals surface area contributed by atoms with Gasteiger partial charge in [-0.25, -0.2) is 0 Å². The first kappa shape index (κ1) is 16.8. The Balaban J connectivity index is 1.65. The Morgan fingerprint density at radius 2 is 1.76 bits per heavy atom. The Bertz CT molecular complexity index is 804. The number of fused-ring (bicyclic) bond motifs is 1. The van der Waals surface area contributed by atoms with Gasteiger partial charge in [0.15, 0.2) is 11.5 Å². The second-order valence-electron chi connectivity index (χ2n) is 5.79. The van der Waals surface area contributed by atoms with Crippen molar-refractivity contribution in [3.05, 3.63) is 53.6 Å². The van der Waals surface area contributed by atoms with Gasteiger partial charge in [0.05, 0.1) is 20.3 Å². The predicted molar refractivity (Wildman–Crippen MR) is 93.8 cm³/mol. The minimum absolute atomic E-state index is 0.125. The molecule has 1 unspecified atom stereocenters. The zero-order valence-corrected chi connectivity index (χ0v) is 14.2. The molecule has 1 atom stereocenters. The third-order valence-corrected chi connectivity index (χ3v) is 4.29. The molecular formula is C19H20N2O4. The van der Waals surface area contributed by atoms with Gasteiger partial charge in [-0.2, -0.15) is 0 Å². The molecule has 2 aromatic carbocycles. The molecule has 2 amide bonds. The summed E-state index contributed by atoms with van der Waals surface area (Å²) in [6.07, 6.45) is 1.70. The summed E-state index contributed by atoms with van der Waals surface area (Å²) in [6, 6.07) is 12.7. The lowest BCUT2D eigenvalue weighted by Gasteiger charge is -2.14. The van der Waals surface area contributed by atoms with Gasteiger partial charge in [-0.15, -0.1) is 0 Å². The average Bonchev–Trinajstić information content (AvgIpc) is 3.04. The Labute approximate surface area is 146 Å². The first-order chi connectivity index (χ1) is 12.1. The van der Waals surface area contributed by atoms with Crippen LogP contribution in [-0.4, -0.2) is 26.0 Å². The lowest BCUT2D eigenvalue weighted by atomic mass is 10.1. The van der Waals surface area contributed by atoms with E-state index in [1.165, 1.54) is 19.8 Å². The quantitative estimate of drug-likeness (QED) is 0.838. The summed E-state index contributed by atoms with van der Waals surface area (Å²) in [6.45, 7) is 0. The van der Waals surface area contributed by atoms with Crippen molar-refractivity contribution in [2.24, 2.45) is 0 Å². The number of methoxy groups -OCH3 is 2. The van der Waals surface area contributed by atoms with E-state index in [0.717, 1.165) is 18.4 Å². The number of carbonyl (C=O) groups excluding carboxylic acids is 2. The van der Waals surface area contributed by atoms with Crippen LogP contribution in [-0.2, 0) is 16.0 Å². The van der Waals surface area contributed by atoms with Gasteiger partial charge in [0.25, 0.3) is 0 Å². The molecule has 6 nitrogen and oxygen atoms in total. The molecular weight excluding hydrogens is 320 g/mol. The Morgan fingerprint density at radius 3 is 2.52 bits per heavy atom. The standard InChI is InChI=1S/C19H20N2O4/c1-24-16-10-8-13(11-17(16)25-2)20-18(22)19(23)21-15-9-7-12-5-3-4-6-14(12)15/h3-6,8,10-11,15H,7,9H2,1-2H3,(H,20,22)(H,21,23). The third-order valence-electron chi connectivity index (χ3n) is 4.29. The van der Waals surface area contributed by atoms with Crippen molar-refractivity contribution in [2.45, 2.75) is 18.9 Å². The van der Waals surface area contributed by atoms with E-state index in [4.69, 9.17) is 9.47 Å². The molecule has 3 rings (SSSR count). The minimum Gasteiger partial charge on any atom is -0.493 e. The van der Waals surface area contributed by atoms with Crippen LogP contribution in [0.4, 0.5) is 5.69 Å². The molecule has 0 spiro atoms. The molecule has 0 fully saturated rings. The molecule has 1 aliphatic carbocycles. The molecule has 25 heavy (non-hydrogen) atoms. The van der Waals surface area contributed by atoms with E-state index in [9.17, 15) is 9.59 Å². The minimum atomic E-state index is -0.711. The Morgan fingerprint density at radius 1 is 1.00 bits per heavy atom. The van der Waals surface area contributed by atoms with Gasteiger partial charge >= 0.3 is 11.8 Å². The summed E-state index contributed by atoms with van der Waals surface area (Å²) < 4.78 is 10.3. The monoisotopic (exact) mass is 340 g/mol. The average molecular weight is 340 g/mol. The molecule has 0 aromatic heterocycles. The van der Waals surface area contributed by atoms with E-state index in [1.54, 1.807) is 18.2 Å². The van der Waals surface area contributed by atoms with Gasteiger partial charge in [-0.1, -0.05) is 24.3 Å². The van der Waals surface area contributed by atoms with Gasteiger partial charge in [-0.05, 0) is 36.1 Å². The van der Waals surface area contributed by atoms with E-state index in [2.05, 4.69) is 10.6 Å². The molecule has 0 saturated carbocycles. The van der Waals surface area contributed by atoms with Gasteiger partial charge in [-0.3, -0.25) is 9.59 Å². The second-order valence-corrected chi connectivity index (χ2v) is 5.79. The van der Waals surface area contributed by atoms with Crippen LogP contribution in [0.5, 0.6) is 11.5 Å². The number of ether oxygens (including phenoxy) is 2. The fourth-order valence-corrected chi connectivity index (χ4v) is 3.03. The van der Waals surface area contributed by atoms with E-state index >= 15 is 0 Å². The molecule has 0 aliphatic heterocycles. The normalized spacial score (nSPS) is 15.2. The van der Waals surface area contributed by atoms with Gasteiger partial charge < -0.3 is 20.1 Å². The van der Waals surface area contributed by atoms with E-state index in [-0.39, 0.29) is 6.04 Å². The van der Waals surface area contributed by atoms with Crippen LogP contribution >= 0.6 is 0 Å². The maximum absolute atomic E-state index is 12.2. The van der Waals surface area contributed by atoms with Crippen molar-refractivity contribution in [1.82, 2.24) is 5.32 Å². The van der Waals surface area contributed by atoms with Crippen LogP contribution in [0.3, 0.4) is 0 Å². The Kier molecular flexibility index (Phi) is 4.88. The number of benzene rings is 2. The third kappa shape index (κ3) is 3.57. The van der Waals surface area contributed by atoms with Crippen molar-refractivity contribution in [3.8, 4) is 11.5 Å². The molecule has 0 heterocycles. The number of carbonyl (C=O) groups is 2. The second kappa shape index (κ2) is 7.25. The molecule has 0 radical (unpaired) electrons. The van der Waals surface area contributed by atoms with E-state index in [1.807, 2.05) is 24.3 Å². The summed E-state index contributed by atoms with van der Waals surface area (Å²) in [4.78, 5) is 24.4. The lowest BCUT2D eigenvalue weighted by Crippen LogP contribution is -2.37. The maximum atomic E-state index is 12.2. The number of nitrogens with one attached hydrogen (secondary N) is 2.